The van der Waals surface area contributed by atoms with E-state index in [9.17, 15) is 9.59 Å². The van der Waals surface area contributed by atoms with Crippen molar-refractivity contribution in [3.05, 3.63) is 47.0 Å². The summed E-state index contributed by atoms with van der Waals surface area (Å²) >= 11 is 6.08. The van der Waals surface area contributed by atoms with E-state index in [4.69, 9.17) is 21.1 Å². The average molecular weight is 375 g/mol. The van der Waals surface area contributed by atoms with Crippen molar-refractivity contribution in [2.75, 3.05) is 30.5 Å². The van der Waals surface area contributed by atoms with E-state index in [0.717, 1.165) is 5.56 Å². The van der Waals surface area contributed by atoms with Crippen molar-refractivity contribution in [3.8, 4) is 11.5 Å². The van der Waals surface area contributed by atoms with E-state index in [1.54, 1.807) is 29.2 Å². The van der Waals surface area contributed by atoms with E-state index in [-0.39, 0.29) is 31.4 Å². The molecule has 2 aromatic rings. The molecular weight excluding hydrogens is 356 g/mol. The Morgan fingerprint density at radius 2 is 2.12 bits per heavy atom. The molecule has 136 valence electrons. The average Bonchev–Trinajstić information content (AvgIpc) is 2.63. The van der Waals surface area contributed by atoms with Gasteiger partial charge in [0.05, 0.1) is 18.5 Å². The zero-order valence-corrected chi connectivity index (χ0v) is 15.3. The number of amides is 2. The Morgan fingerprint density at radius 1 is 1.35 bits per heavy atom. The van der Waals surface area contributed by atoms with Crippen molar-refractivity contribution in [2.45, 2.75) is 13.3 Å². The summed E-state index contributed by atoms with van der Waals surface area (Å²) in [6.07, 6.45) is 0.144. The highest BCUT2D eigenvalue weighted by Crippen LogP contribution is 2.32. The number of nitrogens with one attached hydrogen (secondary N) is 1. The van der Waals surface area contributed by atoms with Crippen molar-refractivity contribution < 1.29 is 19.1 Å². The fourth-order valence-corrected chi connectivity index (χ4v) is 2.91. The third-order valence-corrected chi connectivity index (χ3v) is 4.53. The van der Waals surface area contributed by atoms with Gasteiger partial charge < -0.3 is 19.7 Å². The van der Waals surface area contributed by atoms with Gasteiger partial charge in [0.2, 0.25) is 5.91 Å². The number of para-hydroxylation sites is 2. The summed E-state index contributed by atoms with van der Waals surface area (Å²) in [5, 5.41) is 3.38. The Labute approximate surface area is 156 Å². The quantitative estimate of drug-likeness (QED) is 0.870. The lowest BCUT2D eigenvalue weighted by atomic mass is 10.2. The van der Waals surface area contributed by atoms with Crippen LogP contribution in [0.3, 0.4) is 0 Å². The van der Waals surface area contributed by atoms with E-state index >= 15 is 0 Å². The van der Waals surface area contributed by atoms with Crippen molar-refractivity contribution in [3.63, 3.8) is 0 Å². The minimum Gasteiger partial charge on any atom is -0.495 e. The van der Waals surface area contributed by atoms with Crippen molar-refractivity contribution in [1.82, 2.24) is 0 Å². The van der Waals surface area contributed by atoms with Crippen LogP contribution in [-0.4, -0.2) is 32.1 Å². The summed E-state index contributed by atoms with van der Waals surface area (Å²) in [6.45, 7) is 2.09. The second-order valence-electron chi connectivity index (χ2n) is 5.90. The first-order valence-electron chi connectivity index (χ1n) is 8.16. The van der Waals surface area contributed by atoms with Gasteiger partial charge in [0.1, 0.15) is 11.5 Å². The molecule has 2 amide bonds. The van der Waals surface area contributed by atoms with Crippen LogP contribution in [0, 0.1) is 6.92 Å². The van der Waals surface area contributed by atoms with Crippen LogP contribution in [0.2, 0.25) is 5.02 Å². The van der Waals surface area contributed by atoms with Gasteiger partial charge in [0.15, 0.2) is 6.61 Å². The molecule has 1 heterocycles. The van der Waals surface area contributed by atoms with Crippen LogP contribution in [-0.2, 0) is 9.59 Å². The number of carbonyl (C=O) groups excluding carboxylic acids is 2. The molecule has 0 saturated heterocycles. The summed E-state index contributed by atoms with van der Waals surface area (Å²) in [7, 11) is 1.51. The Hall–Kier alpha value is -2.73. The molecule has 7 heteroatoms. The maximum absolute atomic E-state index is 12.4. The topological polar surface area (TPSA) is 67.9 Å². The predicted molar refractivity (Wildman–Crippen MR) is 100 cm³/mol. The minimum atomic E-state index is -0.221. The fraction of sp³-hybridized carbons (Fsp3) is 0.263. The summed E-state index contributed by atoms with van der Waals surface area (Å²) < 4.78 is 10.7. The van der Waals surface area contributed by atoms with E-state index in [2.05, 4.69) is 5.32 Å². The number of ether oxygens (including phenoxy) is 2. The number of fused-ring (bicyclic) bond motifs is 1. The maximum Gasteiger partial charge on any atom is 0.265 e. The summed E-state index contributed by atoms with van der Waals surface area (Å²) in [4.78, 5) is 26.1. The van der Waals surface area contributed by atoms with E-state index in [1.807, 2.05) is 19.1 Å². The number of hydrogen-bond donors (Lipinski definition) is 1. The van der Waals surface area contributed by atoms with Gasteiger partial charge in [-0.05, 0) is 30.7 Å². The Bertz CT molecular complexity index is 853. The van der Waals surface area contributed by atoms with Gasteiger partial charge in [0, 0.05) is 24.1 Å². The predicted octanol–water partition coefficient (Wildman–Crippen LogP) is 3.41. The van der Waals surface area contributed by atoms with Crippen LogP contribution in [0.5, 0.6) is 11.5 Å². The molecule has 0 aromatic heterocycles. The van der Waals surface area contributed by atoms with Gasteiger partial charge in [-0.3, -0.25) is 9.59 Å². The van der Waals surface area contributed by atoms with Crippen molar-refractivity contribution >= 4 is 34.8 Å². The zero-order chi connectivity index (χ0) is 18.7. The zero-order valence-electron chi connectivity index (χ0n) is 14.5. The first-order valence-corrected chi connectivity index (χ1v) is 8.53. The third kappa shape index (κ3) is 3.75. The van der Waals surface area contributed by atoms with Gasteiger partial charge in [-0.1, -0.05) is 23.7 Å². The second kappa shape index (κ2) is 7.66. The van der Waals surface area contributed by atoms with Crippen LogP contribution < -0.4 is 19.7 Å². The van der Waals surface area contributed by atoms with Gasteiger partial charge >= 0.3 is 0 Å². The number of aryl methyl sites for hydroxylation is 1. The molecule has 0 saturated carbocycles. The van der Waals surface area contributed by atoms with E-state index < -0.39 is 0 Å². The summed E-state index contributed by atoms with van der Waals surface area (Å²) in [6, 6.07) is 10.7. The molecule has 3 rings (SSSR count). The number of nitrogens with zero attached hydrogens (tertiary/aromatic N) is 1. The molecule has 0 aliphatic carbocycles. The highest BCUT2D eigenvalue weighted by atomic mass is 35.5. The molecule has 1 N–H and O–H groups in total. The summed E-state index contributed by atoms with van der Waals surface area (Å²) in [5.41, 5.74) is 2.06. The lowest BCUT2D eigenvalue weighted by Crippen LogP contribution is -2.40. The molecule has 26 heavy (non-hydrogen) atoms. The molecule has 0 atom stereocenters. The van der Waals surface area contributed by atoms with Gasteiger partial charge in [-0.2, -0.15) is 0 Å². The molecular formula is C19H19ClN2O4. The monoisotopic (exact) mass is 374 g/mol. The van der Waals surface area contributed by atoms with Crippen LogP contribution >= 0.6 is 11.6 Å². The normalized spacial score (nSPS) is 13.0. The first kappa shape index (κ1) is 18.1. The van der Waals surface area contributed by atoms with Crippen LogP contribution in [0.15, 0.2) is 36.4 Å². The van der Waals surface area contributed by atoms with Crippen LogP contribution in [0.4, 0.5) is 11.4 Å². The first-order chi connectivity index (χ1) is 12.5. The lowest BCUT2D eigenvalue weighted by Gasteiger charge is -2.29. The van der Waals surface area contributed by atoms with Crippen LogP contribution in [0.1, 0.15) is 12.0 Å². The standard InChI is InChI=1S/C19H19ClN2O4/c1-12-9-14(17(25-2)10-13(12)20)21-18(23)7-8-22-15-5-3-4-6-16(15)26-11-19(22)24/h3-6,9-10H,7-8,11H2,1-2H3,(H,21,23). The molecule has 0 bridgehead atoms. The molecule has 0 spiro atoms. The van der Waals surface area contributed by atoms with Crippen molar-refractivity contribution in [1.29, 1.82) is 0 Å². The number of halogens is 1. The van der Waals surface area contributed by atoms with Crippen molar-refractivity contribution in [2.24, 2.45) is 0 Å². The highest BCUT2D eigenvalue weighted by Gasteiger charge is 2.25. The molecule has 0 fully saturated rings. The minimum absolute atomic E-state index is 0.0250. The molecule has 2 aromatic carbocycles. The number of anilines is 2. The molecule has 0 radical (unpaired) electrons. The number of benzene rings is 2. The Morgan fingerprint density at radius 3 is 2.88 bits per heavy atom. The highest BCUT2D eigenvalue weighted by molar-refractivity contribution is 6.31. The SMILES string of the molecule is COc1cc(Cl)c(C)cc1NC(=O)CCN1C(=O)COc2ccccc21. The van der Waals surface area contributed by atoms with E-state index in [0.29, 0.717) is 27.9 Å². The number of rotatable bonds is 5. The smallest absolute Gasteiger partial charge is 0.265 e. The second-order valence-corrected chi connectivity index (χ2v) is 6.31. The number of hydrogen-bond acceptors (Lipinski definition) is 4. The summed E-state index contributed by atoms with van der Waals surface area (Å²) in [5.74, 6) is 0.738. The molecule has 1 aliphatic rings. The molecule has 6 nitrogen and oxygen atoms in total. The molecule has 0 unspecified atom stereocenters. The number of carbonyl (C=O) groups is 2. The van der Waals surface area contributed by atoms with E-state index in [1.165, 1.54) is 7.11 Å². The fourth-order valence-electron chi connectivity index (χ4n) is 2.75. The maximum atomic E-state index is 12.4. The Kier molecular flexibility index (Phi) is 5.32. The van der Waals surface area contributed by atoms with Gasteiger partial charge in [0.25, 0.3) is 5.91 Å². The Balaban J connectivity index is 1.68. The lowest BCUT2D eigenvalue weighted by molar-refractivity contribution is -0.121. The van der Waals surface area contributed by atoms with Crippen LogP contribution in [0.25, 0.3) is 0 Å². The van der Waals surface area contributed by atoms with Gasteiger partial charge in [-0.15, -0.1) is 0 Å². The molecule has 1 aliphatic heterocycles. The number of methoxy groups -OCH3 is 1. The third-order valence-electron chi connectivity index (χ3n) is 4.13. The van der Waals surface area contributed by atoms with Gasteiger partial charge in [-0.25, -0.2) is 0 Å². The largest absolute Gasteiger partial charge is 0.495 e.